The third-order valence-electron chi connectivity index (χ3n) is 6.98. The van der Waals surface area contributed by atoms with E-state index in [9.17, 15) is 4.79 Å². The number of nitrogens with zero attached hydrogens (tertiary/aromatic N) is 3. The molecule has 4 rings (SSSR count). The summed E-state index contributed by atoms with van der Waals surface area (Å²) in [7, 11) is 0. The van der Waals surface area contributed by atoms with Gasteiger partial charge in [-0.1, -0.05) is 67.2 Å². The Bertz CT molecular complexity index is 1230. The van der Waals surface area contributed by atoms with Crippen molar-refractivity contribution in [1.29, 1.82) is 0 Å². The minimum atomic E-state index is -0.499. The van der Waals surface area contributed by atoms with E-state index in [-0.39, 0.29) is 12.0 Å². The third-order valence-corrected chi connectivity index (χ3v) is 7.70. The van der Waals surface area contributed by atoms with E-state index in [0.717, 1.165) is 42.8 Å². The van der Waals surface area contributed by atoms with Gasteiger partial charge in [0.05, 0.1) is 21.1 Å². The van der Waals surface area contributed by atoms with Gasteiger partial charge in [0.15, 0.2) is 0 Å². The second-order valence-corrected chi connectivity index (χ2v) is 12.1. The van der Waals surface area contributed by atoms with Crippen LogP contribution in [0.2, 0.25) is 10.0 Å². The van der Waals surface area contributed by atoms with Crippen LogP contribution in [-0.2, 0) is 17.8 Å². The Morgan fingerprint density at radius 2 is 1.71 bits per heavy atom. The van der Waals surface area contributed by atoms with E-state index >= 15 is 0 Å². The zero-order chi connectivity index (χ0) is 27.3. The molecule has 1 aliphatic rings. The molecule has 0 spiro atoms. The summed E-state index contributed by atoms with van der Waals surface area (Å²) in [6.07, 6.45) is 5.13. The highest BCUT2D eigenvalue weighted by atomic mass is 35.5. The molecule has 0 aliphatic carbocycles. The molecule has 2 heterocycles. The summed E-state index contributed by atoms with van der Waals surface area (Å²) in [5, 5.41) is 4.56. The number of unbranched alkanes of at least 4 members (excludes halogenated alkanes) is 2. The highest BCUT2D eigenvalue weighted by Gasteiger charge is 2.30. The Kier molecular flexibility index (Phi) is 9.61. The summed E-state index contributed by atoms with van der Waals surface area (Å²) in [6.45, 7) is 11.8. The van der Waals surface area contributed by atoms with Crippen LogP contribution in [0.15, 0.2) is 36.4 Å². The zero-order valence-corrected chi connectivity index (χ0v) is 24.5. The van der Waals surface area contributed by atoms with Crippen molar-refractivity contribution in [3.63, 3.8) is 0 Å². The third kappa shape index (κ3) is 7.43. The number of piperidine rings is 1. The lowest BCUT2D eigenvalue weighted by Crippen LogP contribution is -2.41. The summed E-state index contributed by atoms with van der Waals surface area (Å²) in [4.78, 5) is 19.4. The number of fused-ring (bicyclic) bond motifs is 1. The number of carbonyl (C=O) groups excluding carboxylic acids is 1. The van der Waals surface area contributed by atoms with Crippen molar-refractivity contribution in [2.75, 3.05) is 19.6 Å². The predicted octanol–water partition coefficient (Wildman–Crippen LogP) is 7.79. The highest BCUT2D eigenvalue weighted by molar-refractivity contribution is 6.42. The molecule has 1 N–H and O–H groups in total. The summed E-state index contributed by atoms with van der Waals surface area (Å²) in [5.41, 5.74) is 3.81. The minimum Gasteiger partial charge on any atom is -0.444 e. The Balaban J connectivity index is 1.51. The molecule has 1 aliphatic heterocycles. The van der Waals surface area contributed by atoms with Crippen LogP contribution in [0.4, 0.5) is 4.79 Å². The Hall–Kier alpha value is -2.28. The van der Waals surface area contributed by atoms with Crippen molar-refractivity contribution in [1.82, 2.24) is 19.8 Å². The van der Waals surface area contributed by atoms with Gasteiger partial charge in [0.2, 0.25) is 0 Å². The molecule has 0 saturated carbocycles. The number of hydrogen-bond donors (Lipinski definition) is 1. The van der Waals surface area contributed by atoms with E-state index in [1.54, 1.807) is 4.90 Å². The van der Waals surface area contributed by atoms with Crippen LogP contribution in [0, 0.1) is 0 Å². The van der Waals surface area contributed by atoms with Crippen LogP contribution >= 0.6 is 23.2 Å². The number of halogens is 2. The first-order valence-corrected chi connectivity index (χ1v) is 14.5. The first-order chi connectivity index (χ1) is 18.1. The van der Waals surface area contributed by atoms with Crippen LogP contribution in [0.5, 0.6) is 0 Å². The largest absolute Gasteiger partial charge is 0.444 e. The minimum absolute atomic E-state index is 0.227. The maximum atomic E-state index is 12.6. The second-order valence-electron chi connectivity index (χ2n) is 11.3. The van der Waals surface area contributed by atoms with Crippen LogP contribution in [-0.4, -0.2) is 45.8 Å². The maximum absolute atomic E-state index is 12.6. The number of likely N-dealkylation sites (tertiary alicyclic amines) is 1. The van der Waals surface area contributed by atoms with Gasteiger partial charge in [-0.2, -0.15) is 0 Å². The average Bonchev–Trinajstić information content (AvgIpc) is 3.21. The smallest absolute Gasteiger partial charge is 0.410 e. The van der Waals surface area contributed by atoms with E-state index in [0.29, 0.717) is 29.7 Å². The van der Waals surface area contributed by atoms with E-state index in [2.05, 4.69) is 41.1 Å². The lowest BCUT2D eigenvalue weighted by Gasteiger charge is -2.33. The molecule has 1 amide bonds. The lowest BCUT2D eigenvalue weighted by atomic mass is 9.96. The van der Waals surface area contributed by atoms with Crippen LogP contribution in [0.1, 0.15) is 82.7 Å². The van der Waals surface area contributed by atoms with Gasteiger partial charge in [-0.3, -0.25) is 0 Å². The van der Waals surface area contributed by atoms with Gasteiger partial charge in [-0.25, -0.2) is 9.78 Å². The first kappa shape index (κ1) is 28.7. The van der Waals surface area contributed by atoms with Gasteiger partial charge >= 0.3 is 6.09 Å². The van der Waals surface area contributed by atoms with Gasteiger partial charge in [0, 0.05) is 32.1 Å². The van der Waals surface area contributed by atoms with Crippen LogP contribution < -0.4 is 5.32 Å². The number of rotatable bonds is 9. The molecule has 8 heteroatoms. The van der Waals surface area contributed by atoms with Crippen molar-refractivity contribution >= 4 is 40.3 Å². The Morgan fingerprint density at radius 3 is 2.37 bits per heavy atom. The van der Waals surface area contributed by atoms with Crippen LogP contribution in [0.25, 0.3) is 11.0 Å². The molecule has 0 bridgehead atoms. The maximum Gasteiger partial charge on any atom is 0.410 e. The molecule has 0 atom stereocenters. The van der Waals surface area contributed by atoms with Crippen LogP contribution in [0.3, 0.4) is 0 Å². The summed E-state index contributed by atoms with van der Waals surface area (Å²) in [5.74, 6) is 1.24. The van der Waals surface area contributed by atoms with Crippen molar-refractivity contribution in [2.24, 2.45) is 0 Å². The molecule has 38 heavy (non-hydrogen) atoms. The van der Waals surface area contributed by atoms with E-state index < -0.39 is 5.60 Å². The van der Waals surface area contributed by atoms with Gasteiger partial charge < -0.3 is 19.5 Å². The molecule has 2 aromatic carbocycles. The number of nitrogens with one attached hydrogen (secondary N) is 1. The summed E-state index contributed by atoms with van der Waals surface area (Å²) in [6, 6.07) is 12.6. The molecular weight excluding hydrogens is 519 g/mol. The zero-order valence-electron chi connectivity index (χ0n) is 23.0. The van der Waals surface area contributed by atoms with Crippen molar-refractivity contribution < 1.29 is 9.53 Å². The first-order valence-electron chi connectivity index (χ1n) is 13.8. The van der Waals surface area contributed by atoms with Crippen molar-refractivity contribution in [3.8, 4) is 0 Å². The molecule has 3 aromatic rings. The van der Waals surface area contributed by atoms with Gasteiger partial charge in [-0.15, -0.1) is 0 Å². The molecule has 0 unspecified atom stereocenters. The Labute approximate surface area is 236 Å². The number of imidazole rings is 1. The number of amides is 1. The second kappa shape index (κ2) is 12.7. The van der Waals surface area contributed by atoms with E-state index in [4.69, 9.17) is 32.9 Å². The molecule has 6 nitrogen and oxygen atoms in total. The molecule has 1 saturated heterocycles. The SMILES string of the molecule is CCCCCNCc1ccc(Cn2c(C3CCN(C(=O)OC(C)(C)C)CC3)nc3cc(Cl)c(Cl)cc32)cc1. The normalized spacial score (nSPS) is 14.8. The van der Waals surface area contributed by atoms with Gasteiger partial charge in [0.1, 0.15) is 11.4 Å². The topological polar surface area (TPSA) is 59.4 Å². The molecule has 206 valence electrons. The fourth-order valence-electron chi connectivity index (χ4n) is 4.94. The van der Waals surface area contributed by atoms with Gasteiger partial charge in [-0.05, 0) is 69.8 Å². The quantitative estimate of drug-likeness (QED) is 0.272. The summed E-state index contributed by atoms with van der Waals surface area (Å²) < 4.78 is 7.85. The fourth-order valence-corrected chi connectivity index (χ4v) is 5.26. The Morgan fingerprint density at radius 1 is 1.05 bits per heavy atom. The number of ether oxygens (including phenoxy) is 1. The predicted molar refractivity (Wildman–Crippen MR) is 156 cm³/mol. The molecule has 0 radical (unpaired) electrons. The monoisotopic (exact) mass is 558 g/mol. The van der Waals surface area contributed by atoms with Gasteiger partial charge in [0.25, 0.3) is 0 Å². The highest BCUT2D eigenvalue weighted by Crippen LogP contribution is 2.34. The van der Waals surface area contributed by atoms with Crippen molar-refractivity contribution in [2.45, 2.75) is 84.4 Å². The molecule has 1 aromatic heterocycles. The number of benzene rings is 2. The van der Waals surface area contributed by atoms with E-state index in [1.165, 1.54) is 30.4 Å². The number of hydrogen-bond acceptors (Lipinski definition) is 4. The number of carbonyl (C=O) groups is 1. The number of aromatic nitrogens is 2. The van der Waals surface area contributed by atoms with E-state index in [1.807, 2.05) is 32.9 Å². The molecular formula is C30H40Cl2N4O2. The standard InChI is InChI=1S/C30H40Cl2N4O2/c1-5-6-7-14-33-19-21-8-10-22(11-9-21)20-36-27-18-25(32)24(31)17-26(27)34-28(36)23-12-15-35(16-13-23)29(37)38-30(2,3)4/h8-11,17-18,23,33H,5-7,12-16,19-20H2,1-4H3. The fraction of sp³-hybridized carbons (Fsp3) is 0.533. The average molecular weight is 560 g/mol. The van der Waals surface area contributed by atoms with Crippen molar-refractivity contribution in [3.05, 3.63) is 63.4 Å². The summed E-state index contributed by atoms with van der Waals surface area (Å²) >= 11 is 12.8. The molecule has 1 fully saturated rings. The lowest BCUT2D eigenvalue weighted by molar-refractivity contribution is 0.0202.